The van der Waals surface area contributed by atoms with Crippen molar-refractivity contribution >= 4 is 5.91 Å². The molecule has 1 aliphatic heterocycles. The zero-order valence-electron chi connectivity index (χ0n) is 14.1. The van der Waals surface area contributed by atoms with Crippen LogP contribution in [-0.2, 0) is 10.2 Å². The molecule has 1 saturated heterocycles. The normalized spacial score (nSPS) is 22.0. The van der Waals surface area contributed by atoms with Gasteiger partial charge in [-0.25, -0.2) is 5.43 Å². The van der Waals surface area contributed by atoms with Crippen LogP contribution in [0, 0.1) is 5.92 Å². The lowest BCUT2D eigenvalue weighted by Crippen LogP contribution is -2.46. The minimum absolute atomic E-state index is 0.0692. The third-order valence-corrected chi connectivity index (χ3v) is 4.31. The predicted molar refractivity (Wildman–Crippen MR) is 90.4 cm³/mol. The van der Waals surface area contributed by atoms with Gasteiger partial charge >= 0.3 is 0 Å². The average molecular weight is 303 g/mol. The number of carbonyl (C=O) groups is 1. The van der Waals surface area contributed by atoms with E-state index in [1.807, 2.05) is 18.2 Å². The topological polar surface area (TPSA) is 53.2 Å². The molecular weight excluding hydrogens is 274 g/mol. The highest BCUT2D eigenvalue weighted by Gasteiger charge is 2.30. The first-order valence-electron chi connectivity index (χ1n) is 8.23. The number of amides is 1. The monoisotopic (exact) mass is 303 g/mol. The molecule has 2 atom stereocenters. The fraction of sp³-hybridized carbons (Fsp3) is 0.611. The highest BCUT2D eigenvalue weighted by molar-refractivity contribution is 5.82. The third-order valence-electron chi connectivity index (χ3n) is 4.31. The standard InChI is InChI=1S/C18H29N3O/c1-13(2)10-15-11-16(21-20-15)17(22)19-12-18(3,4)14-8-6-5-7-9-14/h5-9,13,15-16,20-21H,10-12H2,1-4H3,(H,19,22). The van der Waals surface area contributed by atoms with E-state index in [1.165, 1.54) is 5.56 Å². The lowest BCUT2D eigenvalue weighted by molar-refractivity contribution is -0.123. The zero-order valence-corrected chi connectivity index (χ0v) is 14.1. The third kappa shape index (κ3) is 4.55. The summed E-state index contributed by atoms with van der Waals surface area (Å²) in [5, 5.41) is 3.10. The Morgan fingerprint density at radius 2 is 1.95 bits per heavy atom. The molecule has 4 heteroatoms. The van der Waals surface area contributed by atoms with Gasteiger partial charge in [0.2, 0.25) is 5.91 Å². The van der Waals surface area contributed by atoms with E-state index in [-0.39, 0.29) is 17.4 Å². The Kier molecular flexibility index (Phi) is 5.59. The Balaban J connectivity index is 1.83. The molecule has 1 heterocycles. The van der Waals surface area contributed by atoms with E-state index in [0.29, 0.717) is 18.5 Å². The van der Waals surface area contributed by atoms with Gasteiger partial charge in [-0.3, -0.25) is 10.2 Å². The maximum atomic E-state index is 12.3. The summed E-state index contributed by atoms with van der Waals surface area (Å²) in [6, 6.07) is 10.6. The summed E-state index contributed by atoms with van der Waals surface area (Å²) in [6.07, 6.45) is 1.95. The van der Waals surface area contributed by atoms with Crippen molar-refractivity contribution in [3.05, 3.63) is 35.9 Å². The van der Waals surface area contributed by atoms with Gasteiger partial charge in [-0.2, -0.15) is 0 Å². The number of hydrogen-bond acceptors (Lipinski definition) is 3. The van der Waals surface area contributed by atoms with Crippen molar-refractivity contribution < 1.29 is 4.79 Å². The van der Waals surface area contributed by atoms with E-state index in [1.54, 1.807) is 0 Å². The smallest absolute Gasteiger partial charge is 0.238 e. The zero-order chi connectivity index (χ0) is 16.2. The molecule has 1 aromatic rings. The van der Waals surface area contributed by atoms with Crippen LogP contribution in [0.2, 0.25) is 0 Å². The van der Waals surface area contributed by atoms with Crippen molar-refractivity contribution in [3.8, 4) is 0 Å². The first-order chi connectivity index (χ1) is 10.4. The minimum atomic E-state index is -0.129. The summed E-state index contributed by atoms with van der Waals surface area (Å²) in [5.41, 5.74) is 7.53. The van der Waals surface area contributed by atoms with Crippen LogP contribution in [0.25, 0.3) is 0 Å². The van der Waals surface area contributed by atoms with Gasteiger partial charge in [0.05, 0.1) is 0 Å². The van der Waals surface area contributed by atoms with Crippen molar-refractivity contribution in [2.45, 2.75) is 58.0 Å². The van der Waals surface area contributed by atoms with Crippen molar-refractivity contribution in [3.63, 3.8) is 0 Å². The Labute approximate surface area is 134 Å². The molecule has 22 heavy (non-hydrogen) atoms. The summed E-state index contributed by atoms with van der Waals surface area (Å²) in [5.74, 6) is 0.723. The van der Waals surface area contributed by atoms with Crippen LogP contribution < -0.4 is 16.2 Å². The van der Waals surface area contributed by atoms with Gasteiger partial charge in [-0.05, 0) is 24.3 Å². The number of carbonyl (C=O) groups excluding carboxylic acids is 1. The van der Waals surface area contributed by atoms with Crippen LogP contribution >= 0.6 is 0 Å². The van der Waals surface area contributed by atoms with Gasteiger partial charge in [0.25, 0.3) is 0 Å². The Morgan fingerprint density at radius 3 is 2.59 bits per heavy atom. The molecule has 0 radical (unpaired) electrons. The van der Waals surface area contributed by atoms with Gasteiger partial charge in [0.15, 0.2) is 0 Å². The highest BCUT2D eigenvalue weighted by Crippen LogP contribution is 2.22. The van der Waals surface area contributed by atoms with Crippen LogP contribution in [0.4, 0.5) is 0 Å². The van der Waals surface area contributed by atoms with E-state index in [9.17, 15) is 4.79 Å². The molecule has 4 nitrogen and oxygen atoms in total. The lowest BCUT2D eigenvalue weighted by Gasteiger charge is -2.26. The van der Waals surface area contributed by atoms with Crippen LogP contribution in [0.3, 0.4) is 0 Å². The Bertz CT molecular complexity index is 484. The SMILES string of the molecule is CC(C)CC1CC(C(=O)NCC(C)(C)c2ccccc2)NN1. The Morgan fingerprint density at radius 1 is 1.27 bits per heavy atom. The van der Waals surface area contributed by atoms with Gasteiger partial charge in [-0.1, -0.05) is 58.0 Å². The molecule has 122 valence electrons. The molecule has 2 unspecified atom stereocenters. The molecule has 3 N–H and O–H groups in total. The fourth-order valence-corrected chi connectivity index (χ4v) is 2.94. The van der Waals surface area contributed by atoms with Crippen LogP contribution in [-0.4, -0.2) is 24.5 Å². The van der Waals surface area contributed by atoms with Crippen molar-refractivity contribution in [1.29, 1.82) is 0 Å². The first kappa shape index (κ1) is 17.0. The van der Waals surface area contributed by atoms with Gasteiger partial charge in [0, 0.05) is 18.0 Å². The van der Waals surface area contributed by atoms with Crippen LogP contribution in [0.5, 0.6) is 0 Å². The summed E-state index contributed by atoms with van der Waals surface area (Å²) in [4.78, 5) is 12.3. The Hall–Kier alpha value is -1.39. The molecule has 0 aromatic heterocycles. The maximum Gasteiger partial charge on any atom is 0.238 e. The first-order valence-corrected chi connectivity index (χ1v) is 8.23. The molecule has 1 aliphatic rings. The molecule has 0 bridgehead atoms. The quantitative estimate of drug-likeness (QED) is 0.756. The number of hydrogen-bond donors (Lipinski definition) is 3. The number of benzene rings is 1. The van der Waals surface area contributed by atoms with Gasteiger partial charge < -0.3 is 5.32 Å². The molecule has 0 saturated carbocycles. The van der Waals surface area contributed by atoms with E-state index < -0.39 is 0 Å². The predicted octanol–water partition coefficient (Wildman–Crippen LogP) is 2.36. The van der Waals surface area contributed by atoms with Gasteiger partial charge in [-0.15, -0.1) is 0 Å². The van der Waals surface area contributed by atoms with Gasteiger partial charge in [0.1, 0.15) is 6.04 Å². The lowest BCUT2D eigenvalue weighted by atomic mass is 9.84. The summed E-state index contributed by atoms with van der Waals surface area (Å²) in [7, 11) is 0. The summed E-state index contributed by atoms with van der Waals surface area (Å²) in [6.45, 7) is 9.37. The maximum absolute atomic E-state index is 12.3. The van der Waals surface area contributed by atoms with Crippen LogP contribution in [0.15, 0.2) is 30.3 Å². The summed E-state index contributed by atoms with van der Waals surface area (Å²) >= 11 is 0. The number of nitrogens with one attached hydrogen (secondary N) is 3. The highest BCUT2D eigenvalue weighted by atomic mass is 16.2. The molecule has 1 aromatic carbocycles. The van der Waals surface area contributed by atoms with E-state index >= 15 is 0 Å². The molecule has 1 fully saturated rings. The second kappa shape index (κ2) is 7.25. The number of rotatable bonds is 6. The second-order valence-electron chi connectivity index (χ2n) is 7.37. The molecule has 0 aliphatic carbocycles. The largest absolute Gasteiger partial charge is 0.354 e. The number of hydrazine groups is 1. The van der Waals surface area contributed by atoms with E-state index in [0.717, 1.165) is 12.8 Å². The van der Waals surface area contributed by atoms with Crippen molar-refractivity contribution in [2.75, 3.05) is 6.54 Å². The molecule has 2 rings (SSSR count). The van der Waals surface area contributed by atoms with Crippen LogP contribution in [0.1, 0.15) is 46.1 Å². The van der Waals surface area contributed by atoms with Crippen molar-refractivity contribution in [2.24, 2.45) is 5.92 Å². The average Bonchev–Trinajstić information content (AvgIpc) is 2.93. The van der Waals surface area contributed by atoms with E-state index in [4.69, 9.17) is 0 Å². The molecule has 1 amide bonds. The minimum Gasteiger partial charge on any atom is -0.354 e. The van der Waals surface area contributed by atoms with E-state index in [2.05, 4.69) is 56.0 Å². The van der Waals surface area contributed by atoms with Crippen molar-refractivity contribution in [1.82, 2.24) is 16.2 Å². The fourth-order valence-electron chi connectivity index (χ4n) is 2.94. The molecule has 0 spiro atoms. The summed E-state index contributed by atoms with van der Waals surface area (Å²) < 4.78 is 0. The second-order valence-corrected chi connectivity index (χ2v) is 7.37. The molecular formula is C18H29N3O.